The molecule has 6 heteroatoms. The Hall–Kier alpha value is -0.225. The van der Waals surface area contributed by atoms with Gasteiger partial charge in [-0.3, -0.25) is 0 Å². The highest BCUT2D eigenvalue weighted by Gasteiger charge is 2.29. The molecule has 1 aliphatic rings. The van der Waals surface area contributed by atoms with Crippen molar-refractivity contribution in [3.05, 3.63) is 0 Å². The van der Waals surface area contributed by atoms with Crippen molar-refractivity contribution < 1.29 is 17.7 Å². The zero-order valence-electron chi connectivity index (χ0n) is 6.97. The molecule has 1 fully saturated rings. The van der Waals surface area contributed by atoms with Crippen molar-refractivity contribution in [3.8, 4) is 0 Å². The SMILES string of the molecule is CC1COCCN1C[B-](F)(F)F. The van der Waals surface area contributed by atoms with E-state index in [2.05, 4.69) is 0 Å². The molecule has 1 atom stereocenters. The van der Waals surface area contributed by atoms with Crippen molar-refractivity contribution in [1.82, 2.24) is 4.90 Å². The van der Waals surface area contributed by atoms with Crippen molar-refractivity contribution >= 4 is 6.98 Å². The van der Waals surface area contributed by atoms with E-state index in [0.29, 0.717) is 19.8 Å². The first-order valence-corrected chi connectivity index (χ1v) is 4.02. The molecule has 1 aliphatic heterocycles. The van der Waals surface area contributed by atoms with Gasteiger partial charge in [-0.05, 0) is 13.4 Å². The van der Waals surface area contributed by atoms with E-state index < -0.39 is 13.4 Å². The minimum absolute atomic E-state index is 0.109. The van der Waals surface area contributed by atoms with Gasteiger partial charge in [-0.1, -0.05) is 0 Å². The molecule has 0 aliphatic carbocycles. The molecular weight excluding hydrogens is 170 g/mol. The van der Waals surface area contributed by atoms with Crippen LogP contribution < -0.4 is 0 Å². The van der Waals surface area contributed by atoms with E-state index >= 15 is 0 Å². The lowest BCUT2D eigenvalue weighted by molar-refractivity contribution is 0.00469. The molecule has 0 aromatic carbocycles. The summed E-state index contributed by atoms with van der Waals surface area (Å²) in [5, 5.41) is 0. The summed E-state index contributed by atoms with van der Waals surface area (Å²) in [6.45, 7) is -1.72. The molecule has 0 aromatic heterocycles. The number of morpholine rings is 1. The maximum Gasteiger partial charge on any atom is 0.492 e. The molecule has 1 unspecified atom stereocenters. The lowest BCUT2D eigenvalue weighted by Gasteiger charge is -2.36. The van der Waals surface area contributed by atoms with Gasteiger partial charge in [-0.2, -0.15) is 0 Å². The van der Waals surface area contributed by atoms with Crippen molar-refractivity contribution in [2.75, 3.05) is 26.2 Å². The third kappa shape index (κ3) is 3.02. The molecule has 1 rings (SSSR count). The summed E-state index contributed by atoms with van der Waals surface area (Å²) >= 11 is 0. The summed E-state index contributed by atoms with van der Waals surface area (Å²) < 4.78 is 41.0. The predicted octanol–water partition coefficient (Wildman–Crippen LogP) is 1.09. The Kier molecular flexibility index (Phi) is 3.01. The number of halogens is 3. The molecule has 0 amide bonds. The van der Waals surface area contributed by atoms with Gasteiger partial charge >= 0.3 is 6.98 Å². The fourth-order valence-corrected chi connectivity index (χ4v) is 1.30. The quantitative estimate of drug-likeness (QED) is 0.592. The number of rotatable bonds is 2. The molecule has 72 valence electrons. The van der Waals surface area contributed by atoms with Gasteiger partial charge in [0.25, 0.3) is 0 Å². The zero-order chi connectivity index (χ0) is 9.19. The smallest absolute Gasteiger partial charge is 0.448 e. The second kappa shape index (κ2) is 3.66. The van der Waals surface area contributed by atoms with E-state index in [9.17, 15) is 12.9 Å². The highest BCUT2D eigenvalue weighted by atomic mass is 19.4. The lowest BCUT2D eigenvalue weighted by atomic mass is 9.90. The van der Waals surface area contributed by atoms with Crippen LogP contribution in [0.2, 0.25) is 0 Å². The highest BCUT2D eigenvalue weighted by Crippen LogP contribution is 2.14. The minimum atomic E-state index is -4.69. The van der Waals surface area contributed by atoms with Crippen molar-refractivity contribution in [3.63, 3.8) is 0 Å². The standard InChI is InChI=1S/C6H12BF3NO/c1-6-4-12-3-2-11(6)5-7(8,9)10/h6H,2-5H2,1H3/q-1. The summed E-state index contributed by atoms with van der Waals surface area (Å²) in [5.74, 6) is 0. The second-order valence-corrected chi connectivity index (χ2v) is 3.13. The summed E-state index contributed by atoms with van der Waals surface area (Å²) in [7, 11) is 0. The zero-order valence-corrected chi connectivity index (χ0v) is 6.97. The van der Waals surface area contributed by atoms with E-state index in [-0.39, 0.29) is 6.04 Å². The Labute approximate surface area is 69.7 Å². The van der Waals surface area contributed by atoms with E-state index in [0.717, 1.165) is 0 Å². The summed E-state index contributed by atoms with van der Waals surface area (Å²) in [5.41, 5.74) is 0. The van der Waals surface area contributed by atoms with Gasteiger partial charge in [0, 0.05) is 12.6 Å². The number of nitrogens with zero attached hydrogens (tertiary/aromatic N) is 1. The second-order valence-electron chi connectivity index (χ2n) is 3.13. The monoisotopic (exact) mass is 182 g/mol. The molecule has 0 spiro atoms. The van der Waals surface area contributed by atoms with E-state index in [1.165, 1.54) is 4.90 Å². The number of ether oxygens (including phenoxy) is 1. The van der Waals surface area contributed by atoms with Crippen LogP contribution >= 0.6 is 0 Å². The molecule has 0 aromatic rings. The summed E-state index contributed by atoms with van der Waals surface area (Å²) in [6, 6.07) is -0.109. The van der Waals surface area contributed by atoms with Gasteiger partial charge in [-0.15, -0.1) is 0 Å². The largest absolute Gasteiger partial charge is 0.492 e. The van der Waals surface area contributed by atoms with Gasteiger partial charge in [-0.25, -0.2) is 0 Å². The molecule has 0 N–H and O–H groups in total. The van der Waals surface area contributed by atoms with Crippen LogP contribution in [-0.4, -0.2) is 44.1 Å². The Morgan fingerprint density at radius 2 is 2.17 bits per heavy atom. The topological polar surface area (TPSA) is 12.5 Å². The van der Waals surface area contributed by atoms with Gasteiger partial charge in [0.05, 0.1) is 13.2 Å². The van der Waals surface area contributed by atoms with E-state index in [1.807, 2.05) is 0 Å². The third-order valence-corrected chi connectivity index (χ3v) is 1.95. The van der Waals surface area contributed by atoms with Crippen LogP contribution in [-0.2, 0) is 4.74 Å². The first-order valence-electron chi connectivity index (χ1n) is 4.02. The Bertz CT molecular complexity index is 152. The number of hydrogen-bond acceptors (Lipinski definition) is 2. The van der Waals surface area contributed by atoms with Crippen LogP contribution in [0.3, 0.4) is 0 Å². The first kappa shape index (κ1) is 9.86. The van der Waals surface area contributed by atoms with E-state index in [1.54, 1.807) is 6.92 Å². The maximum absolute atomic E-state index is 12.0. The highest BCUT2D eigenvalue weighted by molar-refractivity contribution is 6.58. The third-order valence-electron chi connectivity index (χ3n) is 1.95. The van der Waals surface area contributed by atoms with Gasteiger partial charge in [0.15, 0.2) is 0 Å². The summed E-state index contributed by atoms with van der Waals surface area (Å²) in [4.78, 5) is 1.42. The van der Waals surface area contributed by atoms with Crippen LogP contribution in [0.25, 0.3) is 0 Å². The average Bonchev–Trinajstić information content (AvgIpc) is 1.91. The van der Waals surface area contributed by atoms with E-state index in [4.69, 9.17) is 4.74 Å². The molecular formula is C6H12BF3NO-. The van der Waals surface area contributed by atoms with Crippen LogP contribution in [0.15, 0.2) is 0 Å². The molecule has 1 heterocycles. The van der Waals surface area contributed by atoms with Crippen molar-refractivity contribution in [2.24, 2.45) is 0 Å². The van der Waals surface area contributed by atoms with Crippen LogP contribution in [0, 0.1) is 0 Å². The van der Waals surface area contributed by atoms with Gasteiger partial charge in [0.2, 0.25) is 0 Å². The molecule has 2 nitrogen and oxygen atoms in total. The molecule has 0 saturated carbocycles. The Balaban J connectivity index is 2.39. The maximum atomic E-state index is 12.0. The predicted molar refractivity (Wildman–Crippen MR) is 40.9 cm³/mol. The normalized spacial score (nSPS) is 27.5. The Morgan fingerprint density at radius 1 is 1.50 bits per heavy atom. The fourth-order valence-electron chi connectivity index (χ4n) is 1.30. The molecule has 0 bridgehead atoms. The lowest BCUT2D eigenvalue weighted by Crippen LogP contribution is -2.49. The van der Waals surface area contributed by atoms with Gasteiger partial charge in [0.1, 0.15) is 0 Å². The first-order chi connectivity index (χ1) is 5.49. The fraction of sp³-hybridized carbons (Fsp3) is 1.00. The molecule has 12 heavy (non-hydrogen) atoms. The number of hydrogen-bond donors (Lipinski definition) is 0. The van der Waals surface area contributed by atoms with Gasteiger partial charge < -0.3 is 22.6 Å². The summed E-state index contributed by atoms with van der Waals surface area (Å²) in [6.07, 6.45) is -0.759. The van der Waals surface area contributed by atoms with Crippen LogP contribution in [0.1, 0.15) is 6.92 Å². The van der Waals surface area contributed by atoms with Crippen LogP contribution in [0.5, 0.6) is 0 Å². The minimum Gasteiger partial charge on any atom is -0.448 e. The molecule has 0 radical (unpaired) electrons. The molecule has 1 saturated heterocycles. The van der Waals surface area contributed by atoms with Crippen molar-refractivity contribution in [2.45, 2.75) is 13.0 Å². The average molecular weight is 182 g/mol. The van der Waals surface area contributed by atoms with Crippen LogP contribution in [0.4, 0.5) is 12.9 Å². The van der Waals surface area contributed by atoms with Crippen molar-refractivity contribution in [1.29, 1.82) is 0 Å². The Morgan fingerprint density at radius 3 is 2.67 bits per heavy atom.